The summed E-state index contributed by atoms with van der Waals surface area (Å²) >= 11 is 7.17. The van der Waals surface area contributed by atoms with Crippen LogP contribution >= 0.6 is 22.9 Å². The van der Waals surface area contributed by atoms with Gasteiger partial charge in [-0.2, -0.15) is 0 Å². The predicted molar refractivity (Wildman–Crippen MR) is 51.9 cm³/mol. The van der Waals surface area contributed by atoms with Crippen LogP contribution in [0.15, 0.2) is 16.0 Å². The SMILES string of the molecule is Cc1nc(-c2cc(CCl)on2)cs1. The first-order valence-electron chi connectivity index (χ1n) is 3.73. The number of thiazole rings is 1. The Morgan fingerprint density at radius 3 is 2.92 bits per heavy atom. The van der Waals surface area contributed by atoms with Crippen LogP contribution in [0.3, 0.4) is 0 Å². The smallest absolute Gasteiger partial charge is 0.152 e. The molecule has 0 spiro atoms. The van der Waals surface area contributed by atoms with E-state index < -0.39 is 0 Å². The van der Waals surface area contributed by atoms with E-state index in [0.717, 1.165) is 16.4 Å². The normalized spacial score (nSPS) is 10.6. The molecule has 0 saturated carbocycles. The Balaban J connectivity index is 2.35. The van der Waals surface area contributed by atoms with E-state index in [2.05, 4.69) is 10.1 Å². The Bertz CT molecular complexity index is 410. The van der Waals surface area contributed by atoms with Crippen LogP contribution in [-0.2, 0) is 5.88 Å². The zero-order valence-electron chi connectivity index (χ0n) is 6.95. The Morgan fingerprint density at radius 2 is 2.38 bits per heavy atom. The summed E-state index contributed by atoms with van der Waals surface area (Å²) in [4.78, 5) is 4.28. The van der Waals surface area contributed by atoms with Crippen molar-refractivity contribution in [2.24, 2.45) is 0 Å². The summed E-state index contributed by atoms with van der Waals surface area (Å²) < 4.78 is 4.96. The van der Waals surface area contributed by atoms with E-state index in [0.29, 0.717) is 11.6 Å². The highest BCUT2D eigenvalue weighted by molar-refractivity contribution is 7.09. The molecule has 3 nitrogen and oxygen atoms in total. The zero-order chi connectivity index (χ0) is 9.26. The predicted octanol–water partition coefficient (Wildman–Crippen LogP) is 2.85. The maximum absolute atomic E-state index is 5.58. The summed E-state index contributed by atoms with van der Waals surface area (Å²) in [6, 6.07) is 1.81. The van der Waals surface area contributed by atoms with Crippen molar-refractivity contribution >= 4 is 22.9 Å². The Labute approximate surface area is 84.3 Å². The van der Waals surface area contributed by atoms with Crippen LogP contribution < -0.4 is 0 Å². The first-order valence-corrected chi connectivity index (χ1v) is 5.15. The van der Waals surface area contributed by atoms with Crippen molar-refractivity contribution in [2.75, 3.05) is 0 Å². The van der Waals surface area contributed by atoms with Gasteiger partial charge in [0.15, 0.2) is 5.76 Å². The minimum atomic E-state index is 0.343. The van der Waals surface area contributed by atoms with Crippen molar-refractivity contribution in [3.8, 4) is 11.4 Å². The van der Waals surface area contributed by atoms with E-state index in [1.165, 1.54) is 0 Å². The molecule has 0 aromatic carbocycles. The van der Waals surface area contributed by atoms with Crippen molar-refractivity contribution in [1.29, 1.82) is 0 Å². The van der Waals surface area contributed by atoms with Crippen molar-refractivity contribution < 1.29 is 4.52 Å². The molecule has 0 radical (unpaired) electrons. The molecule has 5 heteroatoms. The minimum absolute atomic E-state index is 0.343. The van der Waals surface area contributed by atoms with Gasteiger partial charge in [0.05, 0.1) is 10.9 Å². The molecular formula is C8H7ClN2OS. The second-order valence-electron chi connectivity index (χ2n) is 2.56. The first kappa shape index (κ1) is 8.72. The Morgan fingerprint density at radius 1 is 1.54 bits per heavy atom. The molecule has 2 aromatic heterocycles. The average Bonchev–Trinajstić information content (AvgIpc) is 2.71. The largest absolute Gasteiger partial charge is 0.359 e. The highest BCUT2D eigenvalue weighted by Gasteiger charge is 2.07. The van der Waals surface area contributed by atoms with Crippen LogP contribution in [0.2, 0.25) is 0 Å². The summed E-state index contributed by atoms with van der Waals surface area (Å²) in [6.45, 7) is 1.96. The fourth-order valence-electron chi connectivity index (χ4n) is 0.978. The number of alkyl halides is 1. The van der Waals surface area contributed by atoms with Crippen LogP contribution in [0.25, 0.3) is 11.4 Å². The van der Waals surface area contributed by atoms with E-state index >= 15 is 0 Å². The van der Waals surface area contributed by atoms with Gasteiger partial charge in [-0.15, -0.1) is 22.9 Å². The van der Waals surface area contributed by atoms with Crippen LogP contribution in [0.4, 0.5) is 0 Å². The molecule has 13 heavy (non-hydrogen) atoms. The van der Waals surface area contributed by atoms with E-state index in [9.17, 15) is 0 Å². The monoisotopic (exact) mass is 214 g/mol. The molecular weight excluding hydrogens is 208 g/mol. The van der Waals surface area contributed by atoms with Gasteiger partial charge in [-0.3, -0.25) is 0 Å². The van der Waals surface area contributed by atoms with Gasteiger partial charge >= 0.3 is 0 Å². The highest BCUT2D eigenvalue weighted by Crippen LogP contribution is 2.21. The van der Waals surface area contributed by atoms with Gasteiger partial charge in [0, 0.05) is 11.4 Å². The van der Waals surface area contributed by atoms with E-state index in [1.54, 1.807) is 11.3 Å². The zero-order valence-corrected chi connectivity index (χ0v) is 8.52. The second kappa shape index (κ2) is 3.47. The first-order chi connectivity index (χ1) is 6.29. The third-order valence-electron chi connectivity index (χ3n) is 1.57. The topological polar surface area (TPSA) is 38.9 Å². The molecule has 0 amide bonds. The maximum Gasteiger partial charge on any atom is 0.152 e. The standard InChI is InChI=1S/C8H7ClN2OS/c1-5-10-8(4-13-5)7-2-6(3-9)12-11-7/h2,4H,3H2,1H3. The fourth-order valence-corrected chi connectivity index (χ4v) is 1.71. The quantitative estimate of drug-likeness (QED) is 0.722. The van der Waals surface area contributed by atoms with E-state index in [-0.39, 0.29) is 0 Å². The number of halogens is 1. The number of aromatic nitrogens is 2. The molecule has 68 valence electrons. The maximum atomic E-state index is 5.58. The number of hydrogen-bond acceptors (Lipinski definition) is 4. The van der Waals surface area contributed by atoms with Gasteiger partial charge in [0.1, 0.15) is 11.4 Å². The Hall–Kier alpha value is -0.870. The molecule has 0 saturated heterocycles. The van der Waals surface area contributed by atoms with Gasteiger partial charge in [-0.05, 0) is 6.92 Å². The number of rotatable bonds is 2. The molecule has 0 aliphatic heterocycles. The van der Waals surface area contributed by atoms with Gasteiger partial charge in [-0.1, -0.05) is 5.16 Å². The summed E-state index contributed by atoms with van der Waals surface area (Å²) in [5.41, 5.74) is 1.60. The van der Waals surface area contributed by atoms with E-state index in [4.69, 9.17) is 16.1 Å². The molecule has 2 aromatic rings. The number of nitrogens with zero attached hydrogens (tertiary/aromatic N) is 2. The Kier molecular flexibility index (Phi) is 2.33. The third kappa shape index (κ3) is 1.73. The summed E-state index contributed by atoms with van der Waals surface area (Å²) in [5, 5.41) is 6.82. The van der Waals surface area contributed by atoms with Crippen molar-refractivity contribution in [1.82, 2.24) is 10.1 Å². The lowest BCUT2D eigenvalue weighted by atomic mass is 10.3. The number of hydrogen-bond donors (Lipinski definition) is 0. The lowest BCUT2D eigenvalue weighted by molar-refractivity contribution is 0.396. The van der Waals surface area contributed by atoms with Gasteiger partial charge in [0.25, 0.3) is 0 Å². The summed E-state index contributed by atoms with van der Waals surface area (Å²) in [7, 11) is 0. The van der Waals surface area contributed by atoms with Crippen LogP contribution in [0, 0.1) is 6.92 Å². The summed E-state index contributed by atoms with van der Waals surface area (Å²) in [6.07, 6.45) is 0. The van der Waals surface area contributed by atoms with Crippen LogP contribution in [0.5, 0.6) is 0 Å². The number of aryl methyl sites for hydroxylation is 1. The molecule has 0 N–H and O–H groups in total. The van der Waals surface area contributed by atoms with Gasteiger partial charge in [-0.25, -0.2) is 4.98 Å². The van der Waals surface area contributed by atoms with Crippen LogP contribution in [-0.4, -0.2) is 10.1 Å². The third-order valence-corrected chi connectivity index (χ3v) is 2.61. The molecule has 0 aliphatic carbocycles. The molecule has 0 atom stereocenters. The average molecular weight is 215 g/mol. The molecule has 0 bridgehead atoms. The van der Waals surface area contributed by atoms with Crippen molar-refractivity contribution in [2.45, 2.75) is 12.8 Å². The van der Waals surface area contributed by atoms with Gasteiger partial charge < -0.3 is 4.52 Å². The second-order valence-corrected chi connectivity index (χ2v) is 3.89. The minimum Gasteiger partial charge on any atom is -0.359 e. The van der Waals surface area contributed by atoms with E-state index in [1.807, 2.05) is 18.4 Å². The molecule has 2 rings (SSSR count). The van der Waals surface area contributed by atoms with Crippen molar-refractivity contribution in [3.05, 3.63) is 22.2 Å². The lowest BCUT2D eigenvalue weighted by Gasteiger charge is -1.82. The molecule has 2 heterocycles. The fraction of sp³-hybridized carbons (Fsp3) is 0.250. The molecule has 0 unspecified atom stereocenters. The van der Waals surface area contributed by atoms with Gasteiger partial charge in [0.2, 0.25) is 0 Å². The van der Waals surface area contributed by atoms with Crippen molar-refractivity contribution in [3.63, 3.8) is 0 Å². The molecule has 0 aliphatic rings. The lowest BCUT2D eigenvalue weighted by Crippen LogP contribution is -1.75. The molecule has 0 fully saturated rings. The highest BCUT2D eigenvalue weighted by atomic mass is 35.5. The van der Waals surface area contributed by atoms with Crippen LogP contribution in [0.1, 0.15) is 10.8 Å². The summed E-state index contributed by atoms with van der Waals surface area (Å²) in [5.74, 6) is 1.01.